The molecule has 0 amide bonds. The van der Waals surface area contributed by atoms with Crippen LogP contribution in [-0.4, -0.2) is 81.3 Å². The summed E-state index contributed by atoms with van der Waals surface area (Å²) < 4.78 is 0. The maximum Gasteiger partial charge on any atom is 0.195 e. The summed E-state index contributed by atoms with van der Waals surface area (Å²) in [6, 6.07) is 0. The molecule has 0 fully saturated rings. The summed E-state index contributed by atoms with van der Waals surface area (Å²) in [4.78, 5) is 9.90. The first-order valence-corrected chi connectivity index (χ1v) is 6.93. The summed E-state index contributed by atoms with van der Waals surface area (Å²) in [5.41, 5.74) is 4.99. The first-order chi connectivity index (χ1) is 10.7. The third-order valence-electron chi connectivity index (χ3n) is 2.51. The summed E-state index contributed by atoms with van der Waals surface area (Å²) in [5.74, 6) is -0.120. The molecule has 0 spiro atoms. The van der Waals surface area contributed by atoms with Crippen molar-refractivity contribution in [2.24, 2.45) is 5.73 Å². The molecule has 11 nitrogen and oxygen atoms in total. The van der Waals surface area contributed by atoms with Gasteiger partial charge in [-0.15, -0.1) is 12.4 Å². The molecule has 12 heteroatoms. The van der Waals surface area contributed by atoms with E-state index in [1.54, 1.807) is 0 Å². The molecule has 0 heterocycles. The predicted octanol–water partition coefficient (Wildman–Crippen LogP) is -3.16. The lowest BCUT2D eigenvalue weighted by Crippen LogP contribution is -2.46. The van der Waals surface area contributed by atoms with Gasteiger partial charge in [0.25, 0.3) is 0 Å². The van der Waals surface area contributed by atoms with E-state index in [9.17, 15) is 4.79 Å². The number of unbranched alkanes of at least 4 members (excludes halogenated alkanes) is 1. The Hall–Kier alpha value is -1.50. The van der Waals surface area contributed by atoms with Gasteiger partial charge in [-0.25, -0.2) is 0 Å². The normalized spacial score (nSPS) is 14.6. The van der Waals surface area contributed by atoms with Crippen LogP contribution in [0, 0.1) is 10.8 Å². The van der Waals surface area contributed by atoms with Crippen molar-refractivity contribution in [2.45, 2.75) is 44.2 Å². The van der Waals surface area contributed by atoms with Crippen molar-refractivity contribution >= 4 is 30.6 Å². The number of aldehydes is 1. The molecule has 11 N–H and O–H groups in total. The number of hydrogen-bond acceptors (Lipinski definition) is 8. The molecular weight excluding hydrogens is 346 g/mol. The van der Waals surface area contributed by atoms with Crippen molar-refractivity contribution in [3.8, 4) is 0 Å². The summed E-state index contributed by atoms with van der Waals surface area (Å²) in [7, 11) is 0. The molecule has 4 atom stereocenters. The van der Waals surface area contributed by atoms with Gasteiger partial charge in [0.2, 0.25) is 0 Å². The smallest absolute Gasteiger partial charge is 0.195 e. The van der Waals surface area contributed by atoms with Crippen LogP contribution in [0.4, 0.5) is 0 Å². The molecule has 24 heavy (non-hydrogen) atoms. The second-order valence-electron chi connectivity index (χ2n) is 4.55. The van der Waals surface area contributed by atoms with Gasteiger partial charge in [0.05, 0.1) is 6.61 Å². The number of carbonyl (C=O) groups is 1. The number of rotatable bonds is 8. The van der Waals surface area contributed by atoms with Gasteiger partial charge in [-0.2, -0.15) is 0 Å². The maximum atomic E-state index is 9.90. The van der Waals surface area contributed by atoms with Crippen molar-refractivity contribution < 1.29 is 30.3 Å². The predicted molar refractivity (Wildman–Crippen MR) is 90.1 cm³/mol. The molecule has 0 unspecified atom stereocenters. The van der Waals surface area contributed by atoms with Crippen LogP contribution in [0.15, 0.2) is 0 Å². The Labute approximate surface area is 146 Å². The van der Waals surface area contributed by atoms with Crippen molar-refractivity contribution in [2.75, 3.05) is 13.2 Å². The van der Waals surface area contributed by atoms with E-state index in [4.69, 9.17) is 42.1 Å². The molecule has 0 bridgehead atoms. The fraction of sp³-hybridized carbons (Fsp3) is 0.750. The molecule has 0 aromatic carbocycles. The van der Waals surface area contributed by atoms with E-state index in [1.165, 1.54) is 0 Å². The number of guanidine groups is 2. The van der Waals surface area contributed by atoms with E-state index in [0.29, 0.717) is 0 Å². The number of nitrogens with one attached hydrogen (secondary N) is 4. The molecule has 0 aromatic rings. The molecular formula is C12H28ClN5O6. The van der Waals surface area contributed by atoms with E-state index >= 15 is 0 Å². The van der Waals surface area contributed by atoms with Crippen LogP contribution in [0.5, 0.6) is 0 Å². The van der Waals surface area contributed by atoms with E-state index in [-0.39, 0.29) is 30.6 Å². The van der Waals surface area contributed by atoms with Gasteiger partial charge >= 0.3 is 0 Å². The molecule has 0 radical (unpaired) electrons. The minimum atomic E-state index is -1.79. The van der Waals surface area contributed by atoms with Crippen molar-refractivity contribution in [1.82, 2.24) is 10.6 Å². The lowest BCUT2D eigenvalue weighted by Gasteiger charge is -2.22. The highest BCUT2D eigenvalue weighted by molar-refractivity contribution is 5.94. The van der Waals surface area contributed by atoms with Gasteiger partial charge in [0.1, 0.15) is 24.4 Å². The Morgan fingerprint density at radius 1 is 1.21 bits per heavy atom. The minimum absolute atomic E-state index is 0. The zero-order valence-corrected chi connectivity index (χ0v) is 14.2. The highest BCUT2D eigenvalue weighted by atomic mass is 35.5. The minimum Gasteiger partial charge on any atom is -0.394 e. The van der Waals surface area contributed by atoms with Crippen LogP contribution in [-0.2, 0) is 4.79 Å². The van der Waals surface area contributed by atoms with Crippen LogP contribution in [0.1, 0.15) is 19.8 Å². The second kappa shape index (κ2) is 16.4. The van der Waals surface area contributed by atoms with Gasteiger partial charge in [0, 0.05) is 6.54 Å². The lowest BCUT2D eigenvalue weighted by molar-refractivity contribution is -0.136. The highest BCUT2D eigenvalue weighted by Crippen LogP contribution is 2.02. The Morgan fingerprint density at radius 2 is 1.75 bits per heavy atom. The molecule has 0 aliphatic rings. The number of aliphatic hydroxyl groups excluding tert-OH is 5. The SMILES string of the molecule is CCCCNC(=N)NC(=N)N.Cl.O=C[C@H](O)[C@@H](O)[C@H](O)[C@H](O)CO. The summed E-state index contributed by atoms with van der Waals surface area (Å²) in [6.07, 6.45) is -4.74. The first kappa shape index (κ1) is 27.4. The fourth-order valence-electron chi connectivity index (χ4n) is 1.19. The van der Waals surface area contributed by atoms with Gasteiger partial charge in [-0.1, -0.05) is 13.3 Å². The van der Waals surface area contributed by atoms with E-state index in [2.05, 4.69) is 17.6 Å². The Balaban J connectivity index is -0.000000354. The van der Waals surface area contributed by atoms with Crippen molar-refractivity contribution in [3.63, 3.8) is 0 Å². The summed E-state index contributed by atoms with van der Waals surface area (Å²) >= 11 is 0. The fourth-order valence-corrected chi connectivity index (χ4v) is 1.19. The molecule has 0 aromatic heterocycles. The molecule has 0 aliphatic heterocycles. The number of nitrogens with two attached hydrogens (primary N) is 1. The Morgan fingerprint density at radius 3 is 2.12 bits per heavy atom. The third-order valence-corrected chi connectivity index (χ3v) is 2.51. The topological polar surface area (TPSA) is 216 Å². The number of aliphatic hydroxyl groups is 5. The van der Waals surface area contributed by atoms with Crippen LogP contribution in [0.25, 0.3) is 0 Å². The van der Waals surface area contributed by atoms with Crippen LogP contribution < -0.4 is 16.4 Å². The van der Waals surface area contributed by atoms with Gasteiger partial charge < -0.3 is 41.4 Å². The number of carbonyl (C=O) groups excluding carboxylic acids is 1. The summed E-state index contributed by atoms with van der Waals surface area (Å²) in [5, 5.41) is 62.6. The molecule has 0 saturated carbocycles. The maximum absolute atomic E-state index is 9.90. The second-order valence-corrected chi connectivity index (χ2v) is 4.55. The molecule has 144 valence electrons. The van der Waals surface area contributed by atoms with Crippen molar-refractivity contribution in [1.29, 1.82) is 10.8 Å². The monoisotopic (exact) mass is 373 g/mol. The molecule has 0 saturated heterocycles. The third kappa shape index (κ3) is 14.1. The average Bonchev–Trinajstić information content (AvgIpc) is 2.52. The van der Waals surface area contributed by atoms with Crippen molar-refractivity contribution in [3.05, 3.63) is 0 Å². The standard InChI is InChI=1S/C6H15N5.C6H12O6.ClH/c1-2-3-4-10-6(9)11-5(7)8;7-1-3(9)5(11)6(12)4(10)2-8;/h2-4H2,1H3,(H6,7,8,9,10,11);1,3-6,8-12H,2H2;1H/t;3-,4+,5+,6+;/m.0./s1. The van der Waals surface area contributed by atoms with Crippen LogP contribution >= 0.6 is 12.4 Å². The van der Waals surface area contributed by atoms with Gasteiger partial charge in [0.15, 0.2) is 18.2 Å². The Kier molecular flexibility index (Phi) is 18.6. The number of halogens is 1. The van der Waals surface area contributed by atoms with Crippen LogP contribution in [0.2, 0.25) is 0 Å². The zero-order valence-electron chi connectivity index (χ0n) is 13.3. The summed E-state index contributed by atoms with van der Waals surface area (Å²) in [6.45, 7) is 2.06. The first-order valence-electron chi connectivity index (χ1n) is 6.93. The largest absolute Gasteiger partial charge is 0.394 e. The zero-order chi connectivity index (χ0) is 18.4. The van der Waals surface area contributed by atoms with Crippen LogP contribution in [0.3, 0.4) is 0 Å². The molecule has 0 aliphatic carbocycles. The molecule has 0 rings (SSSR count). The average molecular weight is 374 g/mol. The lowest BCUT2D eigenvalue weighted by atomic mass is 10.0. The van der Waals surface area contributed by atoms with E-state index < -0.39 is 31.0 Å². The number of hydrogen-bond donors (Lipinski definition) is 10. The van der Waals surface area contributed by atoms with E-state index in [1.807, 2.05) is 0 Å². The van der Waals surface area contributed by atoms with Gasteiger partial charge in [-0.05, 0) is 6.42 Å². The quantitative estimate of drug-likeness (QED) is 0.0896. The van der Waals surface area contributed by atoms with E-state index in [0.717, 1.165) is 19.4 Å². The Bertz CT molecular complexity index is 363. The highest BCUT2D eigenvalue weighted by Gasteiger charge is 2.29. The van der Waals surface area contributed by atoms with Gasteiger partial charge in [-0.3, -0.25) is 16.1 Å².